The summed E-state index contributed by atoms with van der Waals surface area (Å²) in [6.07, 6.45) is 3.01. The molecule has 4 heteroatoms. The average molecular weight is 305 g/mol. The Balaban J connectivity index is 1.92. The number of nitrogens with one attached hydrogen (secondary N) is 1. The van der Waals surface area contributed by atoms with Crippen LogP contribution in [-0.4, -0.2) is 18.8 Å². The summed E-state index contributed by atoms with van der Waals surface area (Å²) in [4.78, 5) is 0. The molecular formula is C12H15BrClNO. The molecule has 0 spiro atoms. The minimum atomic E-state index is 0.320. The summed E-state index contributed by atoms with van der Waals surface area (Å²) in [5.41, 5.74) is 1.02. The van der Waals surface area contributed by atoms with Gasteiger partial charge in [-0.05, 0) is 47.8 Å². The summed E-state index contributed by atoms with van der Waals surface area (Å²) in [6.45, 7) is 2.96. The average Bonchev–Trinajstić information content (AvgIpc) is 2.67. The first-order chi connectivity index (χ1) is 7.66. The van der Waals surface area contributed by atoms with Gasteiger partial charge in [0, 0.05) is 6.54 Å². The molecule has 16 heavy (non-hydrogen) atoms. The first kappa shape index (κ1) is 12.2. The molecular weight excluding hydrogens is 289 g/mol. The fourth-order valence-electron chi connectivity index (χ4n) is 1.90. The Labute approximate surface area is 109 Å². The highest BCUT2D eigenvalue weighted by atomic mass is 79.9. The van der Waals surface area contributed by atoms with E-state index >= 15 is 0 Å². The largest absolute Gasteiger partial charge is 0.381 e. The number of ether oxygens (including phenoxy) is 1. The number of halogens is 2. The lowest BCUT2D eigenvalue weighted by Crippen LogP contribution is -2.19. The number of hydrogen-bond acceptors (Lipinski definition) is 2. The van der Waals surface area contributed by atoms with Crippen LogP contribution in [0.4, 0.5) is 5.69 Å². The molecule has 2 nitrogen and oxygen atoms in total. The fraction of sp³-hybridized carbons (Fsp3) is 0.500. The Bertz CT molecular complexity index is 372. The molecule has 1 aliphatic heterocycles. The second-order valence-electron chi connectivity index (χ2n) is 4.13. The minimum Gasteiger partial charge on any atom is -0.381 e. The number of hydrogen-bond donors (Lipinski definition) is 1. The van der Waals surface area contributed by atoms with Crippen molar-refractivity contribution in [3.8, 4) is 0 Å². The molecule has 2 atom stereocenters. The van der Waals surface area contributed by atoms with Crippen molar-refractivity contribution in [2.24, 2.45) is 0 Å². The molecule has 0 aromatic heterocycles. The minimum absolute atomic E-state index is 0.320. The van der Waals surface area contributed by atoms with Crippen LogP contribution in [0.15, 0.2) is 22.7 Å². The van der Waals surface area contributed by atoms with Crippen molar-refractivity contribution < 1.29 is 4.74 Å². The van der Waals surface area contributed by atoms with Crippen LogP contribution < -0.4 is 5.32 Å². The highest BCUT2D eigenvalue weighted by Gasteiger charge is 2.21. The molecule has 0 saturated carbocycles. The Morgan fingerprint density at radius 3 is 3.00 bits per heavy atom. The monoisotopic (exact) mass is 303 g/mol. The van der Waals surface area contributed by atoms with Crippen molar-refractivity contribution in [3.63, 3.8) is 0 Å². The van der Waals surface area contributed by atoms with Gasteiger partial charge in [0.25, 0.3) is 0 Å². The van der Waals surface area contributed by atoms with Crippen LogP contribution in [-0.2, 0) is 4.74 Å². The zero-order chi connectivity index (χ0) is 11.5. The Morgan fingerprint density at radius 1 is 1.50 bits per heavy atom. The van der Waals surface area contributed by atoms with Crippen LogP contribution in [0, 0.1) is 0 Å². The van der Waals surface area contributed by atoms with E-state index in [1.54, 1.807) is 0 Å². The van der Waals surface area contributed by atoms with Crippen LogP contribution in [0.2, 0.25) is 5.02 Å². The Morgan fingerprint density at radius 2 is 2.31 bits per heavy atom. The van der Waals surface area contributed by atoms with Gasteiger partial charge in [-0.15, -0.1) is 0 Å². The van der Waals surface area contributed by atoms with Crippen molar-refractivity contribution in [1.29, 1.82) is 0 Å². The van der Waals surface area contributed by atoms with Crippen LogP contribution in [0.3, 0.4) is 0 Å². The van der Waals surface area contributed by atoms with Crippen LogP contribution in [0.1, 0.15) is 19.8 Å². The van der Waals surface area contributed by atoms with Gasteiger partial charge < -0.3 is 10.1 Å². The van der Waals surface area contributed by atoms with Crippen molar-refractivity contribution in [2.45, 2.75) is 32.0 Å². The topological polar surface area (TPSA) is 21.3 Å². The molecule has 1 aliphatic rings. The van der Waals surface area contributed by atoms with Gasteiger partial charge in [0.2, 0.25) is 0 Å². The number of rotatable bonds is 3. The maximum absolute atomic E-state index is 6.01. The number of benzene rings is 1. The Kier molecular flexibility index (Phi) is 4.11. The van der Waals surface area contributed by atoms with Crippen molar-refractivity contribution in [3.05, 3.63) is 27.7 Å². The summed E-state index contributed by atoms with van der Waals surface area (Å²) in [6, 6.07) is 5.81. The maximum Gasteiger partial charge on any atom is 0.0751 e. The summed E-state index contributed by atoms with van der Waals surface area (Å²) < 4.78 is 6.66. The van der Waals surface area contributed by atoms with Gasteiger partial charge in [-0.3, -0.25) is 0 Å². The van der Waals surface area contributed by atoms with E-state index < -0.39 is 0 Å². The van der Waals surface area contributed by atoms with Gasteiger partial charge in [-0.25, -0.2) is 0 Å². The third-order valence-electron chi connectivity index (χ3n) is 2.79. The van der Waals surface area contributed by atoms with Gasteiger partial charge in [0.1, 0.15) is 0 Å². The molecule has 2 unspecified atom stereocenters. The van der Waals surface area contributed by atoms with E-state index in [1.165, 1.54) is 0 Å². The lowest BCUT2D eigenvalue weighted by molar-refractivity contribution is 0.0637. The van der Waals surface area contributed by atoms with E-state index in [0.717, 1.165) is 34.6 Å². The van der Waals surface area contributed by atoms with Crippen LogP contribution in [0.5, 0.6) is 0 Å². The normalized spacial score (nSPS) is 24.7. The smallest absolute Gasteiger partial charge is 0.0751 e. The first-order valence-corrected chi connectivity index (χ1v) is 6.67. The SMILES string of the molecule is CC1CCC(CNc2cccc(Cl)c2Br)O1. The zero-order valence-corrected chi connectivity index (χ0v) is 11.5. The van der Waals surface area contributed by atoms with Crippen molar-refractivity contribution >= 4 is 33.2 Å². The van der Waals surface area contributed by atoms with Gasteiger partial charge in [-0.1, -0.05) is 17.7 Å². The van der Waals surface area contributed by atoms with Gasteiger partial charge in [-0.2, -0.15) is 0 Å². The molecule has 0 radical (unpaired) electrons. The predicted molar refractivity (Wildman–Crippen MR) is 71.2 cm³/mol. The lowest BCUT2D eigenvalue weighted by atomic mass is 10.2. The van der Waals surface area contributed by atoms with E-state index in [9.17, 15) is 0 Å². The summed E-state index contributed by atoms with van der Waals surface area (Å²) in [5.74, 6) is 0. The fourth-order valence-corrected chi connectivity index (χ4v) is 2.48. The molecule has 0 aliphatic carbocycles. The van der Waals surface area contributed by atoms with Crippen molar-refractivity contribution in [1.82, 2.24) is 0 Å². The molecule has 2 rings (SSSR count). The highest BCUT2D eigenvalue weighted by Crippen LogP contribution is 2.30. The highest BCUT2D eigenvalue weighted by molar-refractivity contribution is 9.10. The molecule has 88 valence electrons. The molecule has 1 N–H and O–H groups in total. The molecule has 1 saturated heterocycles. The zero-order valence-electron chi connectivity index (χ0n) is 9.17. The molecule has 1 fully saturated rings. The van der Waals surface area contributed by atoms with Crippen LogP contribution in [0.25, 0.3) is 0 Å². The van der Waals surface area contributed by atoms with Crippen molar-refractivity contribution in [2.75, 3.05) is 11.9 Å². The van der Waals surface area contributed by atoms with E-state index in [0.29, 0.717) is 12.2 Å². The van der Waals surface area contributed by atoms with Gasteiger partial charge in [0.15, 0.2) is 0 Å². The summed E-state index contributed by atoms with van der Waals surface area (Å²) >= 11 is 9.48. The second-order valence-corrected chi connectivity index (χ2v) is 5.33. The summed E-state index contributed by atoms with van der Waals surface area (Å²) in [7, 11) is 0. The van der Waals surface area contributed by atoms with E-state index in [1.807, 2.05) is 18.2 Å². The maximum atomic E-state index is 6.01. The quantitative estimate of drug-likeness (QED) is 0.908. The molecule has 0 bridgehead atoms. The first-order valence-electron chi connectivity index (χ1n) is 5.50. The van der Waals surface area contributed by atoms with Crippen LogP contribution >= 0.6 is 27.5 Å². The third kappa shape index (κ3) is 2.90. The van der Waals surface area contributed by atoms with Gasteiger partial charge >= 0.3 is 0 Å². The molecule has 1 aromatic rings. The third-order valence-corrected chi connectivity index (χ3v) is 4.19. The summed E-state index contributed by atoms with van der Waals surface area (Å²) in [5, 5.41) is 4.09. The Hall–Kier alpha value is -0.250. The lowest BCUT2D eigenvalue weighted by Gasteiger charge is -2.14. The van der Waals surface area contributed by atoms with E-state index in [2.05, 4.69) is 28.2 Å². The number of anilines is 1. The predicted octanol–water partition coefficient (Wildman–Crippen LogP) is 4.08. The molecule has 1 heterocycles. The molecule has 0 amide bonds. The van der Waals surface area contributed by atoms with Gasteiger partial charge in [0.05, 0.1) is 27.4 Å². The second kappa shape index (κ2) is 5.39. The molecule has 1 aromatic carbocycles. The van der Waals surface area contributed by atoms with E-state index in [4.69, 9.17) is 16.3 Å². The standard InChI is InChI=1S/C12H15BrClNO/c1-8-5-6-9(16-8)7-15-11-4-2-3-10(14)12(11)13/h2-4,8-9,15H,5-7H2,1H3. The van der Waals surface area contributed by atoms with E-state index in [-0.39, 0.29) is 0 Å².